The Morgan fingerprint density at radius 1 is 1.14 bits per heavy atom. The second kappa shape index (κ2) is 8.48. The lowest BCUT2D eigenvalue weighted by Gasteiger charge is -2.11. The fourth-order valence-electron chi connectivity index (χ4n) is 2.90. The van der Waals surface area contributed by atoms with Gasteiger partial charge in [0.2, 0.25) is 5.91 Å². The van der Waals surface area contributed by atoms with E-state index in [0.29, 0.717) is 30.0 Å². The molecule has 5 N–H and O–H groups in total. The van der Waals surface area contributed by atoms with Crippen LogP contribution in [0.4, 0.5) is 24.8 Å². The van der Waals surface area contributed by atoms with Gasteiger partial charge in [0.1, 0.15) is 11.5 Å². The number of anilines is 2. The van der Waals surface area contributed by atoms with Gasteiger partial charge in [-0.15, -0.1) is 0 Å². The normalized spacial score (nSPS) is 11.7. The van der Waals surface area contributed by atoms with Crippen LogP contribution in [0.25, 0.3) is 16.8 Å². The van der Waals surface area contributed by atoms with Gasteiger partial charge in [0.15, 0.2) is 5.82 Å². The summed E-state index contributed by atoms with van der Waals surface area (Å²) in [5.41, 5.74) is 11.1. The van der Waals surface area contributed by atoms with Crippen molar-refractivity contribution in [2.24, 2.45) is 5.73 Å². The van der Waals surface area contributed by atoms with E-state index in [4.69, 9.17) is 11.5 Å². The molecule has 0 aliphatic carbocycles. The highest BCUT2D eigenvalue weighted by Gasteiger charge is 2.34. The maximum Gasteiger partial charge on any atom is 0.419 e. The molecule has 3 heterocycles. The number of nitrogen functional groups attached to an aromatic ring is 1. The third-order valence-electron chi connectivity index (χ3n) is 4.38. The molecule has 3 rings (SSSR count). The Labute approximate surface area is 164 Å². The second-order valence-electron chi connectivity index (χ2n) is 6.61. The fourth-order valence-corrected chi connectivity index (χ4v) is 2.90. The van der Waals surface area contributed by atoms with Crippen molar-refractivity contribution in [3.63, 3.8) is 0 Å². The molecule has 7 nitrogen and oxygen atoms in total. The van der Waals surface area contributed by atoms with Crippen molar-refractivity contribution in [2.75, 3.05) is 17.6 Å². The number of fused-ring (bicyclic) bond motifs is 1. The molecular formula is C19H21F3N6O. The van der Waals surface area contributed by atoms with E-state index < -0.39 is 17.6 Å². The molecular weight excluding hydrogens is 385 g/mol. The molecule has 3 aromatic heterocycles. The number of imidazole rings is 1. The lowest BCUT2D eigenvalue weighted by Crippen LogP contribution is -2.11. The number of halogens is 3. The van der Waals surface area contributed by atoms with Crippen LogP contribution in [-0.4, -0.2) is 26.8 Å². The van der Waals surface area contributed by atoms with Gasteiger partial charge in [-0.2, -0.15) is 13.2 Å². The average Bonchev–Trinajstić information content (AvgIpc) is 3.06. The zero-order valence-corrected chi connectivity index (χ0v) is 15.5. The molecule has 1 amide bonds. The SMILES string of the molecule is NCCCCCC(=O)Nc1cn2cc(-c3cnc(N)c(C(F)(F)F)c3)ccc2n1. The van der Waals surface area contributed by atoms with E-state index in [0.717, 1.165) is 25.3 Å². The summed E-state index contributed by atoms with van der Waals surface area (Å²) in [4.78, 5) is 19.9. The Morgan fingerprint density at radius 2 is 1.93 bits per heavy atom. The number of rotatable bonds is 7. The number of aromatic nitrogens is 3. The fraction of sp³-hybridized carbons (Fsp3) is 0.316. The zero-order valence-electron chi connectivity index (χ0n) is 15.5. The van der Waals surface area contributed by atoms with E-state index in [-0.39, 0.29) is 11.5 Å². The van der Waals surface area contributed by atoms with Crippen molar-refractivity contribution in [1.82, 2.24) is 14.4 Å². The number of carbonyl (C=O) groups excluding carboxylic acids is 1. The number of nitrogens with zero attached hydrogens (tertiary/aromatic N) is 3. The van der Waals surface area contributed by atoms with Crippen LogP contribution < -0.4 is 16.8 Å². The average molecular weight is 406 g/mol. The first-order valence-electron chi connectivity index (χ1n) is 9.09. The molecule has 0 atom stereocenters. The van der Waals surface area contributed by atoms with Gasteiger partial charge in [0.25, 0.3) is 0 Å². The van der Waals surface area contributed by atoms with E-state index in [9.17, 15) is 18.0 Å². The third kappa shape index (κ3) is 5.02. The highest BCUT2D eigenvalue weighted by atomic mass is 19.4. The van der Waals surface area contributed by atoms with Crippen LogP contribution in [0, 0.1) is 0 Å². The molecule has 0 unspecified atom stereocenters. The maximum atomic E-state index is 13.1. The Hall–Kier alpha value is -3.14. The van der Waals surface area contributed by atoms with Crippen molar-refractivity contribution in [3.05, 3.63) is 42.4 Å². The Bertz CT molecular complexity index is 1010. The summed E-state index contributed by atoms with van der Waals surface area (Å²) in [6, 6.07) is 4.24. The molecule has 0 radical (unpaired) electrons. The minimum Gasteiger partial charge on any atom is -0.383 e. The largest absolute Gasteiger partial charge is 0.419 e. The minimum absolute atomic E-state index is 0.150. The molecule has 0 fully saturated rings. The summed E-state index contributed by atoms with van der Waals surface area (Å²) in [5.74, 6) is -0.345. The summed E-state index contributed by atoms with van der Waals surface area (Å²) in [6.45, 7) is 0.602. The van der Waals surface area contributed by atoms with Crippen LogP contribution in [0.5, 0.6) is 0 Å². The number of alkyl halides is 3. The Balaban J connectivity index is 1.78. The van der Waals surface area contributed by atoms with Crippen molar-refractivity contribution in [1.29, 1.82) is 0 Å². The molecule has 0 saturated heterocycles. The lowest BCUT2D eigenvalue weighted by atomic mass is 10.1. The number of unbranched alkanes of at least 4 members (excludes halogenated alkanes) is 2. The maximum absolute atomic E-state index is 13.1. The van der Waals surface area contributed by atoms with Crippen molar-refractivity contribution in [2.45, 2.75) is 31.9 Å². The van der Waals surface area contributed by atoms with Gasteiger partial charge >= 0.3 is 6.18 Å². The molecule has 0 aliphatic rings. The highest BCUT2D eigenvalue weighted by molar-refractivity contribution is 5.90. The van der Waals surface area contributed by atoms with Crippen LogP contribution in [0.15, 0.2) is 36.8 Å². The smallest absolute Gasteiger partial charge is 0.383 e. The molecule has 154 valence electrons. The molecule has 0 aliphatic heterocycles. The molecule has 0 bridgehead atoms. The van der Waals surface area contributed by atoms with Crippen LogP contribution in [0.1, 0.15) is 31.2 Å². The van der Waals surface area contributed by atoms with Gasteiger partial charge in [0, 0.05) is 29.9 Å². The van der Waals surface area contributed by atoms with E-state index in [1.165, 1.54) is 6.20 Å². The minimum atomic E-state index is -4.59. The Kier molecular flexibility index (Phi) is 6.02. The number of nitrogens with two attached hydrogens (primary N) is 2. The predicted octanol–water partition coefficient (Wildman–Crippen LogP) is 3.45. The number of hydrogen-bond acceptors (Lipinski definition) is 5. The van der Waals surface area contributed by atoms with Gasteiger partial charge in [-0.05, 0) is 37.6 Å². The highest BCUT2D eigenvalue weighted by Crippen LogP contribution is 2.35. The quantitative estimate of drug-likeness (QED) is 0.521. The van der Waals surface area contributed by atoms with Gasteiger partial charge in [-0.1, -0.05) is 6.42 Å². The first kappa shape index (κ1) is 20.6. The Morgan fingerprint density at radius 3 is 2.66 bits per heavy atom. The summed E-state index contributed by atoms with van der Waals surface area (Å²) in [7, 11) is 0. The summed E-state index contributed by atoms with van der Waals surface area (Å²) in [6.07, 6.45) is 2.79. The van der Waals surface area contributed by atoms with Crippen LogP contribution in [-0.2, 0) is 11.0 Å². The molecule has 3 aromatic rings. The summed E-state index contributed by atoms with van der Waals surface area (Å²) < 4.78 is 40.8. The standard InChI is InChI=1S/C19H21F3N6O/c20-19(21,22)14-8-13(9-25-18(14)24)12-5-6-16-26-15(11-28(16)10-12)27-17(29)4-2-1-3-7-23/h5-6,8-11H,1-4,7,23H2,(H2,24,25)(H,27,29). The van der Waals surface area contributed by atoms with E-state index >= 15 is 0 Å². The first-order valence-corrected chi connectivity index (χ1v) is 9.09. The lowest BCUT2D eigenvalue weighted by molar-refractivity contribution is -0.137. The molecule has 0 saturated carbocycles. The van der Waals surface area contributed by atoms with Gasteiger partial charge < -0.3 is 21.2 Å². The third-order valence-corrected chi connectivity index (χ3v) is 4.38. The summed E-state index contributed by atoms with van der Waals surface area (Å²) >= 11 is 0. The molecule has 10 heteroatoms. The monoisotopic (exact) mass is 406 g/mol. The van der Waals surface area contributed by atoms with Crippen LogP contribution in [0.3, 0.4) is 0 Å². The second-order valence-corrected chi connectivity index (χ2v) is 6.61. The molecule has 0 aromatic carbocycles. The van der Waals surface area contributed by atoms with Crippen molar-refractivity contribution < 1.29 is 18.0 Å². The van der Waals surface area contributed by atoms with E-state index in [1.807, 2.05) is 0 Å². The molecule has 29 heavy (non-hydrogen) atoms. The number of pyridine rings is 2. The van der Waals surface area contributed by atoms with Gasteiger partial charge in [-0.3, -0.25) is 4.79 Å². The van der Waals surface area contributed by atoms with Crippen LogP contribution in [0.2, 0.25) is 0 Å². The summed E-state index contributed by atoms with van der Waals surface area (Å²) in [5, 5.41) is 2.72. The molecule has 0 spiro atoms. The van der Waals surface area contributed by atoms with E-state index in [2.05, 4.69) is 15.3 Å². The number of hydrogen-bond donors (Lipinski definition) is 3. The predicted molar refractivity (Wildman–Crippen MR) is 104 cm³/mol. The topological polar surface area (TPSA) is 111 Å². The van der Waals surface area contributed by atoms with Crippen molar-refractivity contribution in [3.8, 4) is 11.1 Å². The number of carbonyl (C=O) groups is 1. The van der Waals surface area contributed by atoms with Gasteiger partial charge in [-0.25, -0.2) is 9.97 Å². The van der Waals surface area contributed by atoms with Crippen LogP contribution >= 0.6 is 0 Å². The number of nitrogens with one attached hydrogen (secondary N) is 1. The zero-order chi connectivity index (χ0) is 21.0. The number of amides is 1. The van der Waals surface area contributed by atoms with E-state index in [1.54, 1.807) is 28.9 Å². The van der Waals surface area contributed by atoms with Gasteiger partial charge in [0.05, 0.1) is 11.8 Å². The first-order chi connectivity index (χ1) is 13.8. The van der Waals surface area contributed by atoms with Crippen molar-refractivity contribution >= 4 is 23.2 Å².